The molecule has 1 saturated heterocycles. The maximum atomic E-state index is 11.8. The van der Waals surface area contributed by atoms with Gasteiger partial charge < -0.3 is 10.2 Å². The number of nitrogens with zero attached hydrogens (tertiary/aromatic N) is 2. The van der Waals surface area contributed by atoms with Crippen molar-refractivity contribution in [1.29, 1.82) is 0 Å². The molecule has 0 bridgehead atoms. The molecule has 2 heterocycles. The van der Waals surface area contributed by atoms with E-state index in [1.165, 1.54) is 22.4 Å². The molecule has 2 aliphatic heterocycles. The highest BCUT2D eigenvalue weighted by Crippen LogP contribution is 2.33. The van der Waals surface area contributed by atoms with Crippen molar-refractivity contribution in [2.24, 2.45) is 0 Å². The Balaban J connectivity index is 1.23. The van der Waals surface area contributed by atoms with Gasteiger partial charge in [-0.1, -0.05) is 42.5 Å². The minimum Gasteiger partial charge on any atom is -0.369 e. The molecule has 0 radical (unpaired) electrons. The first-order valence-electron chi connectivity index (χ1n) is 10.6. The molecular weight excluding hydrogens is 358 g/mol. The van der Waals surface area contributed by atoms with Crippen molar-refractivity contribution < 1.29 is 4.79 Å². The van der Waals surface area contributed by atoms with E-state index in [0.29, 0.717) is 6.42 Å². The van der Waals surface area contributed by atoms with Crippen molar-refractivity contribution in [1.82, 2.24) is 4.90 Å². The third-order valence-electron chi connectivity index (χ3n) is 6.14. The highest BCUT2D eigenvalue weighted by atomic mass is 16.1. The van der Waals surface area contributed by atoms with E-state index in [9.17, 15) is 4.79 Å². The number of hydrogen-bond donors (Lipinski definition) is 1. The van der Waals surface area contributed by atoms with Crippen LogP contribution in [-0.2, 0) is 17.8 Å². The molecule has 1 fully saturated rings. The quantitative estimate of drug-likeness (QED) is 0.855. The number of anilines is 2. The number of carbonyl (C=O) groups is 1. The second-order valence-corrected chi connectivity index (χ2v) is 8.13. The molecule has 148 valence electrons. The van der Waals surface area contributed by atoms with Crippen molar-refractivity contribution in [3.8, 4) is 0 Å². The topological polar surface area (TPSA) is 35.6 Å². The van der Waals surface area contributed by atoms with E-state index in [2.05, 4.69) is 63.7 Å². The first-order valence-corrected chi connectivity index (χ1v) is 10.6. The SMILES string of the molecule is O=C1Cc2c(cccc2N2CCN(Cc3cccc(C4=CCCC=C4)c3)CC2)N1. The lowest BCUT2D eigenvalue weighted by atomic mass is 9.98. The zero-order valence-corrected chi connectivity index (χ0v) is 16.7. The van der Waals surface area contributed by atoms with Gasteiger partial charge in [-0.15, -0.1) is 0 Å². The van der Waals surface area contributed by atoms with Gasteiger partial charge in [0.1, 0.15) is 0 Å². The maximum Gasteiger partial charge on any atom is 0.228 e. The number of rotatable bonds is 4. The summed E-state index contributed by atoms with van der Waals surface area (Å²) >= 11 is 0. The highest BCUT2D eigenvalue weighted by Gasteiger charge is 2.25. The zero-order valence-electron chi connectivity index (χ0n) is 16.7. The number of fused-ring (bicyclic) bond motifs is 1. The largest absolute Gasteiger partial charge is 0.369 e. The number of amides is 1. The van der Waals surface area contributed by atoms with Gasteiger partial charge in [0.2, 0.25) is 5.91 Å². The first-order chi connectivity index (χ1) is 14.3. The lowest BCUT2D eigenvalue weighted by Gasteiger charge is -2.37. The van der Waals surface area contributed by atoms with Gasteiger partial charge in [-0.2, -0.15) is 0 Å². The van der Waals surface area contributed by atoms with Crippen LogP contribution in [-0.4, -0.2) is 37.0 Å². The molecular formula is C25H27N3O. The van der Waals surface area contributed by atoms with E-state index in [-0.39, 0.29) is 5.91 Å². The number of nitrogens with one attached hydrogen (secondary N) is 1. The van der Waals surface area contributed by atoms with Gasteiger partial charge in [-0.3, -0.25) is 9.69 Å². The number of hydrogen-bond acceptors (Lipinski definition) is 3. The smallest absolute Gasteiger partial charge is 0.228 e. The fraction of sp³-hybridized carbons (Fsp3) is 0.320. The van der Waals surface area contributed by atoms with Gasteiger partial charge >= 0.3 is 0 Å². The predicted octanol–water partition coefficient (Wildman–Crippen LogP) is 4.24. The van der Waals surface area contributed by atoms with Crippen molar-refractivity contribution in [3.63, 3.8) is 0 Å². The summed E-state index contributed by atoms with van der Waals surface area (Å²) in [5.74, 6) is 0.105. The Labute approximate surface area is 172 Å². The Hall–Kier alpha value is -2.85. The highest BCUT2D eigenvalue weighted by molar-refractivity contribution is 6.01. The van der Waals surface area contributed by atoms with E-state index in [4.69, 9.17) is 0 Å². The van der Waals surface area contributed by atoms with Crippen molar-refractivity contribution in [3.05, 3.63) is 77.4 Å². The molecule has 4 heteroatoms. The standard InChI is InChI=1S/C25H27N3O/c29-25-17-22-23(26-25)10-5-11-24(22)28-14-12-27(13-15-28)18-19-6-4-9-21(16-19)20-7-2-1-3-8-20/h2,4-11,16H,1,3,12-15,17-18H2,(H,26,29). The van der Waals surface area contributed by atoms with Gasteiger partial charge in [-0.25, -0.2) is 0 Å². The number of benzene rings is 2. The van der Waals surface area contributed by atoms with E-state index in [1.54, 1.807) is 0 Å². The summed E-state index contributed by atoms with van der Waals surface area (Å²) < 4.78 is 0. The summed E-state index contributed by atoms with van der Waals surface area (Å²) in [7, 11) is 0. The Bertz CT molecular complexity index is 983. The van der Waals surface area contributed by atoms with Crippen LogP contribution in [0.1, 0.15) is 29.5 Å². The molecule has 0 unspecified atom stereocenters. The third kappa shape index (κ3) is 3.85. The number of piperazine rings is 1. The lowest BCUT2D eigenvalue weighted by Crippen LogP contribution is -2.46. The second kappa shape index (κ2) is 7.88. The molecule has 0 aromatic heterocycles. The molecule has 5 rings (SSSR count). The number of carbonyl (C=O) groups excluding carboxylic acids is 1. The van der Waals surface area contributed by atoms with Crippen molar-refractivity contribution in [2.45, 2.75) is 25.8 Å². The van der Waals surface area contributed by atoms with E-state index >= 15 is 0 Å². The van der Waals surface area contributed by atoms with Crippen LogP contribution < -0.4 is 10.2 Å². The molecule has 2 aromatic rings. The minimum absolute atomic E-state index is 0.105. The van der Waals surface area contributed by atoms with Crippen LogP contribution in [0.2, 0.25) is 0 Å². The minimum atomic E-state index is 0.105. The van der Waals surface area contributed by atoms with Gasteiger partial charge in [0.25, 0.3) is 0 Å². The predicted molar refractivity (Wildman–Crippen MR) is 119 cm³/mol. The lowest BCUT2D eigenvalue weighted by molar-refractivity contribution is -0.115. The fourth-order valence-electron chi connectivity index (χ4n) is 4.61. The van der Waals surface area contributed by atoms with Crippen molar-refractivity contribution >= 4 is 22.9 Å². The van der Waals surface area contributed by atoms with E-state index < -0.39 is 0 Å². The average molecular weight is 386 g/mol. The molecule has 3 aliphatic rings. The molecule has 0 spiro atoms. The molecule has 1 aliphatic carbocycles. The van der Waals surface area contributed by atoms with Crippen LogP contribution in [0.15, 0.2) is 60.7 Å². The summed E-state index contributed by atoms with van der Waals surface area (Å²) in [6.07, 6.45) is 9.66. The molecule has 1 N–H and O–H groups in total. The van der Waals surface area contributed by atoms with Crippen LogP contribution >= 0.6 is 0 Å². The molecule has 2 aromatic carbocycles. The van der Waals surface area contributed by atoms with Crippen LogP contribution in [0.3, 0.4) is 0 Å². The summed E-state index contributed by atoms with van der Waals surface area (Å²) in [5, 5.41) is 2.97. The Morgan fingerprint density at radius 3 is 2.66 bits per heavy atom. The molecule has 0 saturated carbocycles. The Morgan fingerprint density at radius 1 is 0.966 bits per heavy atom. The Kier molecular flexibility index (Phi) is 4.94. The maximum absolute atomic E-state index is 11.8. The summed E-state index contributed by atoms with van der Waals surface area (Å²) in [6, 6.07) is 15.2. The van der Waals surface area contributed by atoms with Crippen LogP contribution in [0.25, 0.3) is 5.57 Å². The van der Waals surface area contributed by atoms with Crippen LogP contribution in [0, 0.1) is 0 Å². The molecule has 0 atom stereocenters. The van der Waals surface area contributed by atoms with Gasteiger partial charge in [0, 0.05) is 49.7 Å². The van der Waals surface area contributed by atoms with Crippen LogP contribution in [0.4, 0.5) is 11.4 Å². The van der Waals surface area contributed by atoms with E-state index in [0.717, 1.165) is 56.8 Å². The second-order valence-electron chi connectivity index (χ2n) is 8.13. The summed E-state index contributed by atoms with van der Waals surface area (Å²) in [6.45, 7) is 5.07. The summed E-state index contributed by atoms with van der Waals surface area (Å²) in [5.41, 5.74) is 7.42. The average Bonchev–Trinajstić information content (AvgIpc) is 3.15. The van der Waals surface area contributed by atoms with Gasteiger partial charge in [0.05, 0.1) is 6.42 Å². The first kappa shape index (κ1) is 18.2. The molecule has 1 amide bonds. The summed E-state index contributed by atoms with van der Waals surface area (Å²) in [4.78, 5) is 16.8. The van der Waals surface area contributed by atoms with Crippen LogP contribution in [0.5, 0.6) is 0 Å². The van der Waals surface area contributed by atoms with E-state index in [1.807, 2.05) is 12.1 Å². The molecule has 4 nitrogen and oxygen atoms in total. The normalized spacial score (nSPS) is 19.1. The monoisotopic (exact) mass is 385 g/mol. The fourth-order valence-corrected chi connectivity index (χ4v) is 4.61. The van der Waals surface area contributed by atoms with Gasteiger partial charge in [-0.05, 0) is 47.7 Å². The van der Waals surface area contributed by atoms with Crippen molar-refractivity contribution in [2.75, 3.05) is 36.4 Å². The zero-order chi connectivity index (χ0) is 19.6. The third-order valence-corrected chi connectivity index (χ3v) is 6.14. The molecule has 29 heavy (non-hydrogen) atoms. The van der Waals surface area contributed by atoms with Gasteiger partial charge in [0.15, 0.2) is 0 Å². The Morgan fingerprint density at radius 2 is 1.83 bits per heavy atom. The number of allylic oxidation sites excluding steroid dienone is 4.